The predicted molar refractivity (Wildman–Crippen MR) is 77.6 cm³/mol. The van der Waals surface area contributed by atoms with Crippen molar-refractivity contribution in [3.63, 3.8) is 0 Å². The van der Waals surface area contributed by atoms with Gasteiger partial charge in [0.25, 0.3) is 0 Å². The first-order chi connectivity index (χ1) is 9.10. The molecule has 0 N–H and O–H groups in total. The van der Waals surface area contributed by atoms with Gasteiger partial charge in [-0.3, -0.25) is 4.79 Å². The van der Waals surface area contributed by atoms with Gasteiger partial charge in [-0.2, -0.15) is 0 Å². The lowest BCUT2D eigenvalue weighted by atomic mass is 9.79. The number of benzene rings is 1. The molecule has 0 amide bonds. The topological polar surface area (TPSA) is 26.3 Å². The molecular weight excluding hydrogens is 236 g/mol. The molecule has 19 heavy (non-hydrogen) atoms. The van der Waals surface area contributed by atoms with Crippen molar-refractivity contribution in [3.05, 3.63) is 29.3 Å². The maximum absolute atomic E-state index is 12.4. The van der Waals surface area contributed by atoms with Gasteiger partial charge in [-0.1, -0.05) is 37.5 Å². The average molecular weight is 260 g/mol. The van der Waals surface area contributed by atoms with Gasteiger partial charge in [0.15, 0.2) is 0 Å². The SMILES string of the molecule is COc1ccc(C)cc1CC(=O)C1CCCC(C)C1. The fraction of sp³-hybridized carbons (Fsp3) is 0.588. The highest BCUT2D eigenvalue weighted by molar-refractivity contribution is 5.84. The third kappa shape index (κ3) is 3.59. The summed E-state index contributed by atoms with van der Waals surface area (Å²) in [4.78, 5) is 12.4. The average Bonchev–Trinajstić information content (AvgIpc) is 2.39. The zero-order valence-electron chi connectivity index (χ0n) is 12.2. The normalized spacial score (nSPS) is 23.1. The maximum Gasteiger partial charge on any atom is 0.140 e. The van der Waals surface area contributed by atoms with Crippen LogP contribution in [0, 0.1) is 18.8 Å². The first-order valence-electron chi connectivity index (χ1n) is 7.26. The van der Waals surface area contributed by atoms with E-state index in [1.165, 1.54) is 18.4 Å². The molecule has 0 heterocycles. The van der Waals surface area contributed by atoms with Crippen LogP contribution in [0.4, 0.5) is 0 Å². The quantitative estimate of drug-likeness (QED) is 0.819. The molecular formula is C17H24O2. The van der Waals surface area contributed by atoms with Crippen LogP contribution in [0.2, 0.25) is 0 Å². The molecule has 0 aliphatic heterocycles. The minimum Gasteiger partial charge on any atom is -0.496 e. The molecule has 0 bridgehead atoms. The zero-order chi connectivity index (χ0) is 13.8. The van der Waals surface area contributed by atoms with Crippen molar-refractivity contribution in [1.82, 2.24) is 0 Å². The number of Topliss-reactive ketones (excluding diaryl/α,β-unsaturated/α-hetero) is 1. The number of aryl methyl sites for hydroxylation is 1. The molecule has 1 aromatic carbocycles. The summed E-state index contributed by atoms with van der Waals surface area (Å²) >= 11 is 0. The van der Waals surface area contributed by atoms with E-state index < -0.39 is 0 Å². The highest BCUT2D eigenvalue weighted by Crippen LogP contribution is 2.31. The molecule has 2 atom stereocenters. The molecule has 1 aliphatic rings. The van der Waals surface area contributed by atoms with Gasteiger partial charge >= 0.3 is 0 Å². The minimum atomic E-state index is 0.258. The van der Waals surface area contributed by atoms with E-state index in [9.17, 15) is 4.79 Å². The van der Waals surface area contributed by atoms with E-state index in [2.05, 4.69) is 19.9 Å². The second-order valence-corrected chi connectivity index (χ2v) is 5.93. The third-order valence-corrected chi connectivity index (χ3v) is 4.19. The molecule has 1 aromatic rings. The molecule has 1 aliphatic carbocycles. The Morgan fingerprint density at radius 2 is 2.16 bits per heavy atom. The van der Waals surface area contributed by atoms with Crippen LogP contribution in [0.3, 0.4) is 0 Å². The summed E-state index contributed by atoms with van der Waals surface area (Å²) in [5.41, 5.74) is 2.21. The fourth-order valence-corrected chi connectivity index (χ4v) is 3.10. The Morgan fingerprint density at radius 3 is 2.84 bits per heavy atom. The first kappa shape index (κ1) is 14.1. The number of carbonyl (C=O) groups is 1. The van der Waals surface area contributed by atoms with Crippen LogP contribution in [-0.4, -0.2) is 12.9 Å². The Hall–Kier alpha value is -1.31. The largest absolute Gasteiger partial charge is 0.496 e. The summed E-state index contributed by atoms with van der Waals surface area (Å²) in [7, 11) is 1.67. The third-order valence-electron chi connectivity index (χ3n) is 4.19. The summed E-state index contributed by atoms with van der Waals surface area (Å²) in [5, 5.41) is 0. The lowest BCUT2D eigenvalue weighted by Crippen LogP contribution is -2.23. The molecule has 1 saturated carbocycles. The van der Waals surface area contributed by atoms with Gasteiger partial charge in [-0.05, 0) is 31.7 Å². The fourth-order valence-electron chi connectivity index (χ4n) is 3.10. The maximum atomic E-state index is 12.4. The number of ether oxygens (including phenoxy) is 1. The predicted octanol–water partition coefficient (Wildman–Crippen LogP) is 3.94. The van der Waals surface area contributed by atoms with Gasteiger partial charge in [0.2, 0.25) is 0 Å². The lowest BCUT2D eigenvalue weighted by Gasteiger charge is -2.25. The Labute approximate surface area is 116 Å². The molecule has 2 unspecified atom stereocenters. The van der Waals surface area contributed by atoms with Crippen LogP contribution >= 0.6 is 0 Å². The molecule has 2 heteroatoms. The number of methoxy groups -OCH3 is 1. The molecule has 0 spiro atoms. The van der Waals surface area contributed by atoms with Crippen molar-refractivity contribution in [2.24, 2.45) is 11.8 Å². The van der Waals surface area contributed by atoms with Gasteiger partial charge in [0, 0.05) is 17.9 Å². The van der Waals surface area contributed by atoms with Gasteiger partial charge in [0.1, 0.15) is 11.5 Å². The molecule has 0 saturated heterocycles. The molecule has 0 radical (unpaired) electrons. The van der Waals surface area contributed by atoms with Crippen LogP contribution in [0.25, 0.3) is 0 Å². The van der Waals surface area contributed by atoms with Gasteiger partial charge in [0.05, 0.1) is 7.11 Å². The molecule has 2 nitrogen and oxygen atoms in total. The van der Waals surface area contributed by atoms with E-state index in [0.29, 0.717) is 18.1 Å². The molecule has 2 rings (SSSR count). The van der Waals surface area contributed by atoms with E-state index in [1.807, 2.05) is 12.1 Å². The van der Waals surface area contributed by atoms with Gasteiger partial charge in [-0.25, -0.2) is 0 Å². The number of hydrogen-bond donors (Lipinski definition) is 0. The van der Waals surface area contributed by atoms with Crippen molar-refractivity contribution < 1.29 is 9.53 Å². The Morgan fingerprint density at radius 1 is 1.37 bits per heavy atom. The Kier molecular flexibility index (Phi) is 4.62. The molecule has 104 valence electrons. The second-order valence-electron chi connectivity index (χ2n) is 5.93. The van der Waals surface area contributed by atoms with E-state index in [0.717, 1.165) is 24.2 Å². The molecule has 1 fully saturated rings. The van der Waals surface area contributed by atoms with E-state index in [1.54, 1.807) is 7.11 Å². The van der Waals surface area contributed by atoms with Crippen molar-refractivity contribution in [3.8, 4) is 5.75 Å². The van der Waals surface area contributed by atoms with E-state index in [4.69, 9.17) is 4.74 Å². The standard InChI is InChI=1S/C17H24O2/c1-12-5-4-6-14(9-12)16(18)11-15-10-13(2)7-8-17(15)19-3/h7-8,10,12,14H,4-6,9,11H2,1-3H3. The van der Waals surface area contributed by atoms with Crippen LogP contribution in [0.5, 0.6) is 5.75 Å². The Balaban J connectivity index is 2.07. The second kappa shape index (κ2) is 6.23. The summed E-state index contributed by atoms with van der Waals surface area (Å²) in [5.74, 6) is 2.18. The number of hydrogen-bond acceptors (Lipinski definition) is 2. The number of carbonyl (C=O) groups excluding carboxylic acids is 1. The summed E-state index contributed by atoms with van der Waals surface area (Å²) in [6.45, 7) is 4.31. The summed E-state index contributed by atoms with van der Waals surface area (Å²) in [6, 6.07) is 6.06. The van der Waals surface area contributed by atoms with Gasteiger partial charge < -0.3 is 4.74 Å². The summed E-state index contributed by atoms with van der Waals surface area (Å²) < 4.78 is 5.36. The van der Waals surface area contributed by atoms with Crippen LogP contribution < -0.4 is 4.74 Å². The van der Waals surface area contributed by atoms with Crippen molar-refractivity contribution in [1.29, 1.82) is 0 Å². The molecule has 0 aromatic heterocycles. The monoisotopic (exact) mass is 260 g/mol. The zero-order valence-corrected chi connectivity index (χ0v) is 12.2. The van der Waals surface area contributed by atoms with Crippen LogP contribution in [0.15, 0.2) is 18.2 Å². The smallest absolute Gasteiger partial charge is 0.140 e. The summed E-state index contributed by atoms with van der Waals surface area (Å²) in [6.07, 6.45) is 5.12. The van der Waals surface area contributed by atoms with E-state index >= 15 is 0 Å². The number of ketones is 1. The highest BCUT2D eigenvalue weighted by atomic mass is 16.5. The minimum absolute atomic E-state index is 0.258. The van der Waals surface area contributed by atoms with Crippen LogP contribution in [-0.2, 0) is 11.2 Å². The highest BCUT2D eigenvalue weighted by Gasteiger charge is 2.25. The van der Waals surface area contributed by atoms with Crippen molar-refractivity contribution in [2.45, 2.75) is 46.0 Å². The van der Waals surface area contributed by atoms with Crippen molar-refractivity contribution >= 4 is 5.78 Å². The van der Waals surface area contributed by atoms with Crippen LogP contribution in [0.1, 0.15) is 43.7 Å². The first-order valence-corrected chi connectivity index (χ1v) is 7.26. The lowest BCUT2D eigenvalue weighted by molar-refractivity contribution is -0.123. The van der Waals surface area contributed by atoms with E-state index in [-0.39, 0.29) is 5.92 Å². The number of rotatable bonds is 4. The van der Waals surface area contributed by atoms with Gasteiger partial charge in [-0.15, -0.1) is 0 Å². The van der Waals surface area contributed by atoms with Crippen molar-refractivity contribution in [2.75, 3.05) is 7.11 Å². The Bertz CT molecular complexity index is 451.